The molecule has 24 heavy (non-hydrogen) atoms. The van der Waals surface area contributed by atoms with Gasteiger partial charge in [0, 0.05) is 5.56 Å². The number of hydrogen-bond acceptors (Lipinski definition) is 3. The van der Waals surface area contributed by atoms with Crippen LogP contribution in [0, 0.1) is 11.6 Å². The van der Waals surface area contributed by atoms with Gasteiger partial charge in [-0.1, -0.05) is 18.2 Å². The number of hydrogen-bond donors (Lipinski definition) is 2. The number of nitrogens with one attached hydrogen (secondary N) is 1. The molecule has 0 fully saturated rings. The largest absolute Gasteiger partial charge is 0.573 e. The van der Waals surface area contributed by atoms with E-state index in [0.29, 0.717) is 0 Å². The van der Waals surface area contributed by atoms with Crippen molar-refractivity contribution in [3.63, 3.8) is 0 Å². The lowest BCUT2D eigenvalue weighted by molar-refractivity contribution is -0.274. The van der Waals surface area contributed by atoms with Crippen LogP contribution in [-0.4, -0.2) is 17.4 Å². The summed E-state index contributed by atoms with van der Waals surface area (Å²) in [6.07, 6.45) is -4.89. The maximum atomic E-state index is 13.7. The second kappa shape index (κ2) is 5.17. The van der Waals surface area contributed by atoms with Crippen LogP contribution >= 0.6 is 0 Å². The molecule has 2 aromatic carbocycles. The summed E-state index contributed by atoms with van der Waals surface area (Å²) in [6.45, 7) is 0. The van der Waals surface area contributed by atoms with Crippen molar-refractivity contribution in [2.45, 2.75) is 12.0 Å². The number of benzene rings is 2. The van der Waals surface area contributed by atoms with Crippen LogP contribution in [0.15, 0.2) is 36.4 Å². The molecule has 0 spiro atoms. The van der Waals surface area contributed by atoms with E-state index in [4.69, 9.17) is 0 Å². The predicted molar refractivity (Wildman–Crippen MR) is 71.1 cm³/mol. The van der Waals surface area contributed by atoms with Crippen molar-refractivity contribution in [1.82, 2.24) is 0 Å². The second-order valence-corrected chi connectivity index (χ2v) is 5.02. The minimum Gasteiger partial charge on any atom is -0.406 e. The maximum Gasteiger partial charge on any atom is 0.573 e. The van der Waals surface area contributed by atoms with Crippen LogP contribution in [0.3, 0.4) is 0 Å². The summed E-state index contributed by atoms with van der Waals surface area (Å²) >= 11 is 0. The Kier molecular flexibility index (Phi) is 3.48. The number of carbonyl (C=O) groups excluding carboxylic acids is 1. The van der Waals surface area contributed by atoms with E-state index in [1.54, 1.807) is 0 Å². The van der Waals surface area contributed by atoms with Gasteiger partial charge in [-0.25, -0.2) is 8.78 Å². The van der Waals surface area contributed by atoms with Gasteiger partial charge in [-0.3, -0.25) is 4.79 Å². The first-order valence-corrected chi connectivity index (χ1v) is 6.51. The van der Waals surface area contributed by atoms with Crippen LogP contribution in [0.5, 0.6) is 5.75 Å². The summed E-state index contributed by atoms with van der Waals surface area (Å²) in [4.78, 5) is 12.1. The Hall–Kier alpha value is -2.68. The van der Waals surface area contributed by atoms with E-state index in [1.807, 2.05) is 5.32 Å². The average Bonchev–Trinajstić information content (AvgIpc) is 2.76. The molecule has 1 heterocycles. The molecule has 1 aliphatic heterocycles. The zero-order chi connectivity index (χ0) is 17.7. The van der Waals surface area contributed by atoms with Crippen LogP contribution in [0.1, 0.15) is 11.1 Å². The molecular weight excluding hydrogens is 337 g/mol. The highest BCUT2D eigenvalue weighted by Crippen LogP contribution is 2.43. The van der Waals surface area contributed by atoms with Gasteiger partial charge in [0.1, 0.15) is 5.75 Å². The maximum absolute atomic E-state index is 13.7. The highest BCUT2D eigenvalue weighted by molar-refractivity contribution is 6.07. The van der Waals surface area contributed by atoms with Crippen molar-refractivity contribution in [2.75, 3.05) is 5.32 Å². The van der Waals surface area contributed by atoms with Gasteiger partial charge < -0.3 is 15.2 Å². The Labute approximate surface area is 131 Å². The van der Waals surface area contributed by atoms with Gasteiger partial charge in [0.15, 0.2) is 17.2 Å². The van der Waals surface area contributed by atoms with Crippen molar-refractivity contribution < 1.29 is 36.6 Å². The van der Waals surface area contributed by atoms with E-state index >= 15 is 0 Å². The normalized spacial score (nSPS) is 19.8. The predicted octanol–water partition coefficient (Wildman–Crippen LogP) is 3.05. The minimum atomic E-state index is -4.89. The highest BCUT2D eigenvalue weighted by Gasteiger charge is 2.48. The molecule has 0 bridgehead atoms. The Balaban J connectivity index is 2.04. The first-order valence-electron chi connectivity index (χ1n) is 6.51. The van der Waals surface area contributed by atoms with Gasteiger partial charge >= 0.3 is 6.36 Å². The fourth-order valence-electron chi connectivity index (χ4n) is 2.49. The van der Waals surface area contributed by atoms with E-state index in [-0.39, 0.29) is 11.1 Å². The first-order chi connectivity index (χ1) is 11.1. The van der Waals surface area contributed by atoms with E-state index < -0.39 is 40.9 Å². The number of aliphatic hydroxyl groups is 1. The summed E-state index contributed by atoms with van der Waals surface area (Å²) in [7, 11) is 0. The molecule has 0 aliphatic carbocycles. The average molecular weight is 345 g/mol. The first kappa shape index (κ1) is 16.2. The number of ether oxygens (including phenoxy) is 1. The number of carbonyl (C=O) groups is 1. The molecule has 2 aromatic rings. The Bertz CT molecular complexity index is 819. The summed E-state index contributed by atoms with van der Waals surface area (Å²) in [6, 6.07) is 5.60. The van der Waals surface area contributed by atoms with E-state index in [1.165, 1.54) is 0 Å². The van der Waals surface area contributed by atoms with Crippen LogP contribution in [-0.2, 0) is 10.4 Å². The standard InChI is InChI=1S/C15H8F5NO3/c16-10-6-5-9-12(11(10)17)21-13(22)14(9,23)7-1-3-8(4-2-7)24-15(18,19)20/h1-6,23H,(H,21,22). The lowest BCUT2D eigenvalue weighted by Crippen LogP contribution is -2.35. The lowest BCUT2D eigenvalue weighted by Gasteiger charge is -2.21. The van der Waals surface area contributed by atoms with Crippen LogP contribution in [0.4, 0.5) is 27.6 Å². The third-order valence-electron chi connectivity index (χ3n) is 3.56. The Morgan fingerprint density at radius 2 is 1.67 bits per heavy atom. The summed E-state index contributed by atoms with van der Waals surface area (Å²) in [5.74, 6) is -4.16. The molecule has 0 saturated heterocycles. The summed E-state index contributed by atoms with van der Waals surface area (Å²) in [5.41, 5.74) is -3.24. The zero-order valence-electron chi connectivity index (χ0n) is 11.6. The highest BCUT2D eigenvalue weighted by atomic mass is 19.4. The molecule has 2 N–H and O–H groups in total. The van der Waals surface area contributed by atoms with Crippen LogP contribution in [0.2, 0.25) is 0 Å². The molecule has 0 aromatic heterocycles. The zero-order valence-corrected chi connectivity index (χ0v) is 11.6. The molecular formula is C15H8F5NO3. The molecule has 1 aliphatic rings. The molecule has 4 nitrogen and oxygen atoms in total. The number of amides is 1. The van der Waals surface area contributed by atoms with Crippen LogP contribution < -0.4 is 10.1 Å². The van der Waals surface area contributed by atoms with E-state index in [9.17, 15) is 31.9 Å². The van der Waals surface area contributed by atoms with Gasteiger partial charge in [-0.2, -0.15) is 0 Å². The molecule has 1 amide bonds. The third kappa shape index (κ3) is 2.46. The number of anilines is 1. The summed E-state index contributed by atoms with van der Waals surface area (Å²) in [5, 5.41) is 12.7. The van der Waals surface area contributed by atoms with E-state index in [0.717, 1.165) is 36.4 Å². The van der Waals surface area contributed by atoms with Crippen LogP contribution in [0.25, 0.3) is 0 Å². The van der Waals surface area contributed by atoms with Gasteiger partial charge in [-0.05, 0) is 23.8 Å². The molecule has 0 saturated carbocycles. The molecule has 0 radical (unpaired) electrons. The topological polar surface area (TPSA) is 58.6 Å². The molecule has 1 atom stereocenters. The SMILES string of the molecule is O=C1Nc2c(ccc(F)c2F)C1(O)c1ccc(OC(F)(F)F)cc1. The van der Waals surface area contributed by atoms with Crippen molar-refractivity contribution in [3.05, 3.63) is 59.2 Å². The lowest BCUT2D eigenvalue weighted by atomic mass is 9.87. The Morgan fingerprint density at radius 1 is 1.04 bits per heavy atom. The van der Waals surface area contributed by atoms with Gasteiger partial charge in [-0.15, -0.1) is 13.2 Å². The van der Waals surface area contributed by atoms with Gasteiger partial charge in [0.25, 0.3) is 5.91 Å². The summed E-state index contributed by atoms with van der Waals surface area (Å²) < 4.78 is 67.1. The number of alkyl halides is 3. The molecule has 3 rings (SSSR count). The Morgan fingerprint density at radius 3 is 2.25 bits per heavy atom. The van der Waals surface area contributed by atoms with Crippen molar-refractivity contribution in [3.8, 4) is 5.75 Å². The monoisotopic (exact) mass is 345 g/mol. The fourth-order valence-corrected chi connectivity index (χ4v) is 2.49. The van der Waals surface area contributed by atoms with E-state index in [2.05, 4.69) is 4.74 Å². The molecule has 1 unspecified atom stereocenters. The minimum absolute atomic E-state index is 0.126. The number of halogens is 5. The molecule has 126 valence electrons. The van der Waals surface area contributed by atoms with Gasteiger partial charge in [0.2, 0.25) is 0 Å². The number of fused-ring (bicyclic) bond motifs is 1. The van der Waals surface area contributed by atoms with Crippen molar-refractivity contribution in [1.29, 1.82) is 0 Å². The third-order valence-corrected chi connectivity index (χ3v) is 3.56. The van der Waals surface area contributed by atoms with Crippen molar-refractivity contribution >= 4 is 11.6 Å². The van der Waals surface area contributed by atoms with Gasteiger partial charge in [0.05, 0.1) is 5.69 Å². The quantitative estimate of drug-likeness (QED) is 0.823. The smallest absolute Gasteiger partial charge is 0.406 e. The number of rotatable bonds is 2. The van der Waals surface area contributed by atoms with Crippen molar-refractivity contribution in [2.24, 2.45) is 0 Å². The molecule has 9 heteroatoms. The fraction of sp³-hybridized carbons (Fsp3) is 0.133. The second-order valence-electron chi connectivity index (χ2n) is 5.02.